The molecule has 2 aromatic heterocycles. The van der Waals surface area contributed by atoms with Crippen LogP contribution in [0.4, 0.5) is 0 Å². The number of fused-ring (bicyclic) bond motifs is 1. The summed E-state index contributed by atoms with van der Waals surface area (Å²) < 4.78 is 3.98. The Bertz CT molecular complexity index is 769. The van der Waals surface area contributed by atoms with Gasteiger partial charge in [0.2, 0.25) is 0 Å². The molecule has 1 atom stereocenters. The van der Waals surface area contributed by atoms with E-state index in [9.17, 15) is 5.11 Å². The minimum absolute atomic E-state index is 0.669. The van der Waals surface area contributed by atoms with Gasteiger partial charge in [-0.25, -0.2) is 0 Å². The second-order valence-electron chi connectivity index (χ2n) is 5.14. The number of aliphatic hydroxyl groups excluding tert-OH is 1. The first-order valence-corrected chi connectivity index (χ1v) is 7.83. The summed E-state index contributed by atoms with van der Waals surface area (Å²) in [5.41, 5.74) is 3.70. The van der Waals surface area contributed by atoms with Crippen LogP contribution in [0.15, 0.2) is 30.3 Å². The molecule has 0 radical (unpaired) electrons. The number of aromatic nitrogens is 3. The predicted octanol–water partition coefficient (Wildman–Crippen LogP) is 3.43. The number of nitrogens with zero attached hydrogens (tertiary/aromatic N) is 3. The molecule has 2 heterocycles. The van der Waals surface area contributed by atoms with Gasteiger partial charge in [0.1, 0.15) is 6.10 Å². The van der Waals surface area contributed by atoms with Crippen LogP contribution in [-0.4, -0.2) is 19.7 Å². The molecular weight excluding hydrogens is 282 g/mol. The lowest BCUT2D eigenvalue weighted by molar-refractivity contribution is 0.223. The van der Waals surface area contributed by atoms with Gasteiger partial charge in [0.15, 0.2) is 0 Å². The molecule has 3 aromatic rings. The lowest BCUT2D eigenvalue weighted by Crippen LogP contribution is -2.01. The zero-order valence-corrected chi connectivity index (χ0v) is 12.9. The predicted molar refractivity (Wildman–Crippen MR) is 84.4 cm³/mol. The average molecular weight is 299 g/mol. The Kier molecular flexibility index (Phi) is 3.94. The molecule has 1 unspecified atom stereocenters. The first-order valence-electron chi connectivity index (χ1n) is 7.05. The molecule has 0 aliphatic heterocycles. The number of benzene rings is 1. The van der Waals surface area contributed by atoms with Crippen molar-refractivity contribution < 1.29 is 5.11 Å². The van der Waals surface area contributed by atoms with Crippen LogP contribution in [-0.2, 0) is 6.42 Å². The molecule has 108 valence electrons. The third-order valence-electron chi connectivity index (χ3n) is 3.49. The summed E-state index contributed by atoms with van der Waals surface area (Å²) in [6.45, 7) is 4.07. The van der Waals surface area contributed by atoms with Gasteiger partial charge >= 0.3 is 0 Å². The quantitative estimate of drug-likeness (QED) is 0.802. The summed E-state index contributed by atoms with van der Waals surface area (Å²) in [6, 6.07) is 9.88. The standard InChI is InChI=1S/C16H17N3OS/c1-3-4-14-16(21-19-18-14)15(20)12-7-8-13-11(9-12)6-5-10(2)17-13/h5-9,15,20H,3-4H2,1-2H3. The van der Waals surface area contributed by atoms with Crippen molar-refractivity contribution in [2.75, 3.05) is 0 Å². The van der Waals surface area contributed by atoms with Gasteiger partial charge < -0.3 is 5.11 Å². The number of aliphatic hydroxyl groups is 1. The van der Waals surface area contributed by atoms with Crippen molar-refractivity contribution in [3.05, 3.63) is 52.2 Å². The molecule has 0 spiro atoms. The van der Waals surface area contributed by atoms with Crippen molar-refractivity contribution in [3.8, 4) is 0 Å². The van der Waals surface area contributed by atoms with E-state index < -0.39 is 6.10 Å². The summed E-state index contributed by atoms with van der Waals surface area (Å²) in [7, 11) is 0. The molecule has 4 nitrogen and oxygen atoms in total. The second kappa shape index (κ2) is 5.87. The smallest absolute Gasteiger partial charge is 0.117 e. The van der Waals surface area contributed by atoms with E-state index in [1.165, 1.54) is 11.5 Å². The van der Waals surface area contributed by atoms with Crippen molar-refractivity contribution in [2.45, 2.75) is 32.8 Å². The SMILES string of the molecule is CCCc1nnsc1C(O)c1ccc2nc(C)ccc2c1. The van der Waals surface area contributed by atoms with Crippen molar-refractivity contribution in [3.63, 3.8) is 0 Å². The minimum Gasteiger partial charge on any atom is -0.383 e. The topological polar surface area (TPSA) is 58.9 Å². The number of aryl methyl sites for hydroxylation is 2. The monoisotopic (exact) mass is 299 g/mol. The fourth-order valence-corrected chi connectivity index (χ4v) is 3.11. The Morgan fingerprint density at radius 1 is 1.24 bits per heavy atom. The van der Waals surface area contributed by atoms with Gasteiger partial charge in [0.25, 0.3) is 0 Å². The van der Waals surface area contributed by atoms with Crippen LogP contribution in [0.5, 0.6) is 0 Å². The fourth-order valence-electron chi connectivity index (χ4n) is 2.40. The van der Waals surface area contributed by atoms with Gasteiger partial charge in [-0.05, 0) is 48.6 Å². The largest absolute Gasteiger partial charge is 0.383 e. The van der Waals surface area contributed by atoms with Crippen molar-refractivity contribution in [1.29, 1.82) is 0 Å². The first-order chi connectivity index (χ1) is 10.2. The van der Waals surface area contributed by atoms with E-state index in [1.54, 1.807) is 0 Å². The third kappa shape index (κ3) is 2.80. The van der Waals surface area contributed by atoms with Gasteiger partial charge in [-0.1, -0.05) is 30.0 Å². The van der Waals surface area contributed by atoms with Gasteiger partial charge in [-0.2, -0.15) is 0 Å². The second-order valence-corrected chi connectivity index (χ2v) is 5.93. The van der Waals surface area contributed by atoms with Crippen LogP contribution in [0, 0.1) is 6.92 Å². The highest BCUT2D eigenvalue weighted by Crippen LogP contribution is 2.29. The molecule has 0 saturated heterocycles. The lowest BCUT2D eigenvalue weighted by atomic mass is 10.0. The third-order valence-corrected chi connectivity index (χ3v) is 4.31. The molecule has 1 N–H and O–H groups in total. The van der Waals surface area contributed by atoms with E-state index in [-0.39, 0.29) is 0 Å². The van der Waals surface area contributed by atoms with Crippen LogP contribution in [0.3, 0.4) is 0 Å². The molecule has 0 aliphatic rings. The fraction of sp³-hybridized carbons (Fsp3) is 0.312. The molecule has 0 amide bonds. The lowest BCUT2D eigenvalue weighted by Gasteiger charge is -2.11. The zero-order chi connectivity index (χ0) is 14.8. The summed E-state index contributed by atoms with van der Waals surface area (Å²) in [5, 5.41) is 15.8. The first kappa shape index (κ1) is 14.1. The Morgan fingerprint density at radius 3 is 2.90 bits per heavy atom. The maximum Gasteiger partial charge on any atom is 0.117 e. The number of hydrogen-bond acceptors (Lipinski definition) is 5. The van der Waals surface area contributed by atoms with Gasteiger partial charge in [0, 0.05) is 11.1 Å². The average Bonchev–Trinajstić information content (AvgIpc) is 2.94. The number of hydrogen-bond donors (Lipinski definition) is 1. The molecule has 0 fully saturated rings. The van der Waals surface area contributed by atoms with Gasteiger partial charge in [-0.15, -0.1) is 5.10 Å². The molecule has 1 aromatic carbocycles. The molecule has 21 heavy (non-hydrogen) atoms. The van der Waals surface area contributed by atoms with Gasteiger partial charge in [0.05, 0.1) is 16.1 Å². The summed E-state index contributed by atoms with van der Waals surface area (Å²) in [4.78, 5) is 5.33. The van der Waals surface area contributed by atoms with E-state index >= 15 is 0 Å². The summed E-state index contributed by atoms with van der Waals surface area (Å²) >= 11 is 1.27. The Morgan fingerprint density at radius 2 is 2.10 bits per heavy atom. The van der Waals surface area contributed by atoms with Crippen molar-refractivity contribution in [2.24, 2.45) is 0 Å². The molecule has 0 bridgehead atoms. The van der Waals surface area contributed by atoms with Crippen LogP contribution in [0.25, 0.3) is 10.9 Å². The van der Waals surface area contributed by atoms with Crippen molar-refractivity contribution in [1.82, 2.24) is 14.6 Å². The van der Waals surface area contributed by atoms with Crippen LogP contribution in [0.2, 0.25) is 0 Å². The number of pyridine rings is 1. The van der Waals surface area contributed by atoms with E-state index in [1.807, 2.05) is 37.3 Å². The van der Waals surface area contributed by atoms with Crippen molar-refractivity contribution >= 4 is 22.4 Å². The molecule has 0 saturated carbocycles. The molecular formula is C16H17N3OS. The number of rotatable bonds is 4. The normalized spacial score (nSPS) is 12.7. The summed E-state index contributed by atoms with van der Waals surface area (Å²) in [6.07, 6.45) is 1.17. The highest BCUT2D eigenvalue weighted by molar-refractivity contribution is 7.05. The van der Waals surface area contributed by atoms with Crippen LogP contribution < -0.4 is 0 Å². The van der Waals surface area contributed by atoms with Crippen LogP contribution in [0.1, 0.15) is 41.3 Å². The molecule has 0 aliphatic carbocycles. The Hall–Kier alpha value is -1.85. The van der Waals surface area contributed by atoms with E-state index in [2.05, 4.69) is 21.5 Å². The Labute approximate surface area is 127 Å². The maximum absolute atomic E-state index is 10.6. The zero-order valence-electron chi connectivity index (χ0n) is 12.1. The van der Waals surface area contributed by atoms with Crippen LogP contribution >= 0.6 is 11.5 Å². The van der Waals surface area contributed by atoms with E-state index in [4.69, 9.17) is 0 Å². The highest BCUT2D eigenvalue weighted by atomic mass is 32.1. The van der Waals surface area contributed by atoms with E-state index in [0.29, 0.717) is 0 Å². The van der Waals surface area contributed by atoms with Gasteiger partial charge in [-0.3, -0.25) is 4.98 Å². The van der Waals surface area contributed by atoms with E-state index in [0.717, 1.165) is 45.6 Å². The minimum atomic E-state index is -0.669. The molecule has 5 heteroatoms. The maximum atomic E-state index is 10.6. The Balaban J connectivity index is 1.99. The highest BCUT2D eigenvalue weighted by Gasteiger charge is 2.18. The summed E-state index contributed by atoms with van der Waals surface area (Å²) in [5.74, 6) is 0. The molecule has 3 rings (SSSR count).